The molecule has 2 aliphatic heterocycles. The highest BCUT2D eigenvalue weighted by Gasteiger charge is 2.34. The number of nitrogens with zero attached hydrogens (tertiary/aromatic N) is 4. The quantitative estimate of drug-likeness (QED) is 0.237. The van der Waals surface area contributed by atoms with Crippen LogP contribution in [0.3, 0.4) is 0 Å². The number of H-pyrrole nitrogens is 1. The largest absolute Gasteiger partial charge is 0.468 e. The molecule has 238 valence electrons. The maximum atomic E-state index is 13.2. The molecule has 0 saturated carbocycles. The van der Waals surface area contributed by atoms with Crippen molar-refractivity contribution < 1.29 is 17.9 Å². The van der Waals surface area contributed by atoms with Crippen molar-refractivity contribution in [2.45, 2.75) is 69.8 Å². The third-order valence-electron chi connectivity index (χ3n) is 8.94. The van der Waals surface area contributed by atoms with E-state index in [2.05, 4.69) is 39.6 Å². The predicted octanol–water partition coefficient (Wildman–Crippen LogP) is 5.30. The normalized spacial score (nSPS) is 17.5. The van der Waals surface area contributed by atoms with Crippen LogP contribution in [0.4, 0.5) is 23.1 Å². The highest BCUT2D eigenvalue weighted by atomic mass is 32.2. The molecule has 0 aliphatic carbocycles. The average molecular weight is 632 g/mol. The fourth-order valence-electron chi connectivity index (χ4n) is 6.37. The zero-order valence-corrected chi connectivity index (χ0v) is 27.5. The molecule has 0 radical (unpaired) electrons. The minimum Gasteiger partial charge on any atom is -0.468 e. The van der Waals surface area contributed by atoms with Gasteiger partial charge in [0.05, 0.1) is 33.5 Å². The summed E-state index contributed by atoms with van der Waals surface area (Å²) in [6, 6.07) is 11.2. The van der Waals surface area contributed by atoms with Crippen LogP contribution in [0.15, 0.2) is 47.5 Å². The SMILES string of the molecule is CNC(=O)CN1CCC(c2cc3c(cc2C)N(c2nc(Nc4ccccc4S(=O)(=O)C(C)C)c4c(C)c[nH]c4n2)C(C)O3)CC1. The van der Waals surface area contributed by atoms with Crippen molar-refractivity contribution in [2.24, 2.45) is 0 Å². The van der Waals surface area contributed by atoms with Crippen molar-refractivity contribution in [3.63, 3.8) is 0 Å². The van der Waals surface area contributed by atoms with E-state index < -0.39 is 15.1 Å². The number of aromatic nitrogens is 3. The Morgan fingerprint density at radius 2 is 1.84 bits per heavy atom. The van der Waals surface area contributed by atoms with Crippen LogP contribution in [0.25, 0.3) is 11.0 Å². The van der Waals surface area contributed by atoms with Gasteiger partial charge in [0.15, 0.2) is 16.1 Å². The summed E-state index contributed by atoms with van der Waals surface area (Å²) in [5.41, 5.74) is 5.37. The van der Waals surface area contributed by atoms with Crippen molar-refractivity contribution in [1.82, 2.24) is 25.2 Å². The molecule has 11 nitrogen and oxygen atoms in total. The average Bonchev–Trinajstić information content (AvgIpc) is 3.55. The Hall–Kier alpha value is -4.16. The Bertz CT molecular complexity index is 1860. The maximum absolute atomic E-state index is 13.2. The Kier molecular flexibility index (Phi) is 8.21. The number of rotatable bonds is 8. The van der Waals surface area contributed by atoms with Gasteiger partial charge in [0, 0.05) is 13.2 Å². The third-order valence-corrected chi connectivity index (χ3v) is 11.2. The summed E-state index contributed by atoms with van der Waals surface area (Å²) >= 11 is 0. The van der Waals surface area contributed by atoms with E-state index >= 15 is 0 Å². The Labute approximate surface area is 264 Å². The number of carbonyl (C=O) groups is 1. The van der Waals surface area contributed by atoms with E-state index in [1.807, 2.05) is 31.0 Å². The van der Waals surface area contributed by atoms with Gasteiger partial charge in [-0.1, -0.05) is 12.1 Å². The minimum absolute atomic E-state index is 0.0442. The van der Waals surface area contributed by atoms with Gasteiger partial charge in [-0.25, -0.2) is 8.42 Å². The van der Waals surface area contributed by atoms with Crippen LogP contribution in [0.5, 0.6) is 5.75 Å². The number of likely N-dealkylation sites (tertiary alicyclic amines) is 1. The number of aryl methyl sites for hydroxylation is 2. The van der Waals surface area contributed by atoms with E-state index in [0.717, 1.165) is 48.3 Å². The van der Waals surface area contributed by atoms with Crippen LogP contribution in [0.1, 0.15) is 56.2 Å². The summed E-state index contributed by atoms with van der Waals surface area (Å²) in [6.45, 7) is 11.6. The number of ether oxygens (including phenoxy) is 1. The van der Waals surface area contributed by atoms with E-state index in [4.69, 9.17) is 14.7 Å². The van der Waals surface area contributed by atoms with Gasteiger partial charge >= 0.3 is 0 Å². The number of hydrogen-bond donors (Lipinski definition) is 3. The molecule has 4 aromatic rings. The molecule has 4 heterocycles. The van der Waals surface area contributed by atoms with Crippen LogP contribution in [0, 0.1) is 13.8 Å². The number of nitrogens with one attached hydrogen (secondary N) is 3. The lowest BCUT2D eigenvalue weighted by atomic mass is 9.86. The molecule has 3 N–H and O–H groups in total. The maximum Gasteiger partial charge on any atom is 0.237 e. The zero-order valence-electron chi connectivity index (χ0n) is 26.6. The molecule has 1 amide bonds. The Balaban J connectivity index is 1.34. The second-order valence-electron chi connectivity index (χ2n) is 12.3. The van der Waals surface area contributed by atoms with E-state index in [0.29, 0.717) is 35.6 Å². The molecular formula is C33H41N7O4S. The van der Waals surface area contributed by atoms with Gasteiger partial charge in [-0.05, 0) is 107 Å². The van der Waals surface area contributed by atoms with Crippen LogP contribution in [0.2, 0.25) is 0 Å². The number of anilines is 4. The van der Waals surface area contributed by atoms with E-state index in [1.165, 1.54) is 11.1 Å². The molecule has 12 heteroatoms. The first-order valence-corrected chi connectivity index (χ1v) is 17.0. The molecule has 2 aliphatic rings. The van der Waals surface area contributed by atoms with Crippen molar-refractivity contribution in [3.05, 3.63) is 59.3 Å². The number of sulfone groups is 1. The summed E-state index contributed by atoms with van der Waals surface area (Å²) in [5, 5.41) is 6.27. The van der Waals surface area contributed by atoms with Gasteiger partial charge in [0.2, 0.25) is 11.9 Å². The van der Waals surface area contributed by atoms with Crippen molar-refractivity contribution in [3.8, 4) is 5.75 Å². The first-order valence-electron chi connectivity index (χ1n) is 15.5. The monoisotopic (exact) mass is 631 g/mol. The van der Waals surface area contributed by atoms with Crippen LogP contribution in [-0.4, -0.2) is 72.3 Å². The first kappa shape index (κ1) is 30.8. The van der Waals surface area contributed by atoms with Gasteiger partial charge in [-0.2, -0.15) is 9.97 Å². The lowest BCUT2D eigenvalue weighted by Gasteiger charge is -2.32. The van der Waals surface area contributed by atoms with Gasteiger partial charge in [-0.3, -0.25) is 14.6 Å². The number of likely N-dealkylation sites (N-methyl/N-ethyl adjacent to an activating group) is 1. The highest BCUT2D eigenvalue weighted by Crippen LogP contribution is 2.46. The van der Waals surface area contributed by atoms with Crippen molar-refractivity contribution in [2.75, 3.05) is 36.9 Å². The van der Waals surface area contributed by atoms with Gasteiger partial charge in [0.1, 0.15) is 17.2 Å². The Morgan fingerprint density at radius 3 is 2.56 bits per heavy atom. The van der Waals surface area contributed by atoms with Crippen molar-refractivity contribution >= 4 is 49.9 Å². The summed E-state index contributed by atoms with van der Waals surface area (Å²) in [6.07, 6.45) is 3.47. The smallest absolute Gasteiger partial charge is 0.237 e. The molecular weight excluding hydrogens is 590 g/mol. The topological polar surface area (TPSA) is 133 Å². The standard InChI is InChI=1S/C33H41N7O4S/c1-19(2)45(42,43)28-10-8-7-9-25(28)36-32-30-21(4)17-35-31(30)37-33(38-32)40-22(5)44-27-16-24(20(3)15-26(27)40)23-11-13-39(14-12-23)18-29(41)34-6/h7-10,15-17,19,22-23H,11-14,18H2,1-6H3,(H,34,41)(H2,35,36,37,38). The van der Waals surface area contributed by atoms with Crippen LogP contribution in [-0.2, 0) is 14.6 Å². The molecule has 2 aromatic carbocycles. The fraction of sp³-hybridized carbons (Fsp3) is 0.424. The van der Waals surface area contributed by atoms with Gasteiger partial charge < -0.3 is 20.4 Å². The molecule has 0 bridgehead atoms. The summed E-state index contributed by atoms with van der Waals surface area (Å²) in [5.74, 6) is 2.17. The number of aromatic amines is 1. The molecule has 45 heavy (non-hydrogen) atoms. The fourth-order valence-corrected chi connectivity index (χ4v) is 7.57. The third kappa shape index (κ3) is 5.72. The molecule has 0 spiro atoms. The number of hydrogen-bond acceptors (Lipinski definition) is 9. The lowest BCUT2D eigenvalue weighted by molar-refractivity contribution is -0.122. The molecule has 1 unspecified atom stereocenters. The van der Waals surface area contributed by atoms with E-state index in [-0.39, 0.29) is 17.0 Å². The molecule has 1 fully saturated rings. The van der Waals surface area contributed by atoms with Crippen molar-refractivity contribution in [1.29, 1.82) is 0 Å². The number of benzene rings is 2. The summed E-state index contributed by atoms with van der Waals surface area (Å²) in [4.78, 5) is 29.4. The molecule has 6 rings (SSSR count). The van der Waals surface area contributed by atoms with E-state index in [9.17, 15) is 13.2 Å². The second-order valence-corrected chi connectivity index (χ2v) is 14.7. The second kappa shape index (κ2) is 12.0. The van der Waals surface area contributed by atoms with Gasteiger partial charge in [-0.15, -0.1) is 0 Å². The number of carbonyl (C=O) groups excluding carboxylic acids is 1. The van der Waals surface area contributed by atoms with Crippen LogP contribution < -0.4 is 20.3 Å². The first-order chi connectivity index (χ1) is 21.5. The molecule has 1 atom stereocenters. The number of para-hydroxylation sites is 1. The Morgan fingerprint density at radius 1 is 1.11 bits per heavy atom. The summed E-state index contributed by atoms with van der Waals surface area (Å²) in [7, 11) is -1.87. The lowest BCUT2D eigenvalue weighted by Crippen LogP contribution is -2.40. The van der Waals surface area contributed by atoms with E-state index in [1.54, 1.807) is 39.1 Å². The van der Waals surface area contributed by atoms with Crippen LogP contribution >= 0.6 is 0 Å². The zero-order chi connectivity index (χ0) is 32.0. The number of piperidine rings is 1. The number of amides is 1. The summed E-state index contributed by atoms with van der Waals surface area (Å²) < 4.78 is 32.8. The predicted molar refractivity (Wildman–Crippen MR) is 177 cm³/mol. The van der Waals surface area contributed by atoms with Gasteiger partial charge in [0.25, 0.3) is 0 Å². The molecule has 2 aromatic heterocycles. The highest BCUT2D eigenvalue weighted by molar-refractivity contribution is 7.92. The number of fused-ring (bicyclic) bond motifs is 2. The molecule has 1 saturated heterocycles. The minimum atomic E-state index is -3.54.